The average Bonchev–Trinajstić information content (AvgIpc) is 2.05. The molecule has 67 valence electrons. The van der Waals surface area contributed by atoms with E-state index in [2.05, 4.69) is 29.6 Å². The summed E-state index contributed by atoms with van der Waals surface area (Å²) in [6.45, 7) is 2.01. The summed E-state index contributed by atoms with van der Waals surface area (Å²) in [6.07, 6.45) is 8.98. The van der Waals surface area contributed by atoms with Gasteiger partial charge in [0.2, 0.25) is 0 Å². The Labute approximate surface area is 74.1 Å². The van der Waals surface area contributed by atoms with Gasteiger partial charge in [-0.3, -0.25) is 5.32 Å². The molecule has 0 aliphatic carbocycles. The molecule has 1 rings (SSSR count). The summed E-state index contributed by atoms with van der Waals surface area (Å²) in [5.74, 6) is 0. The Bertz CT molecular complexity index is 173. The van der Waals surface area contributed by atoms with E-state index in [0.29, 0.717) is 0 Å². The van der Waals surface area contributed by atoms with Gasteiger partial charge in [-0.05, 0) is 32.4 Å². The van der Waals surface area contributed by atoms with Crippen LogP contribution in [0.3, 0.4) is 0 Å². The Morgan fingerprint density at radius 2 is 2.25 bits per heavy atom. The second kappa shape index (κ2) is 4.95. The van der Waals surface area contributed by atoms with E-state index in [-0.39, 0.29) is 0 Å². The Morgan fingerprint density at radius 3 is 2.83 bits per heavy atom. The SMILES string of the molecule is CN(C)CCN[C]1C=CC=CN1. The molecule has 0 aromatic heterocycles. The summed E-state index contributed by atoms with van der Waals surface area (Å²) in [5, 5.41) is 6.39. The number of hydrogen-bond acceptors (Lipinski definition) is 3. The summed E-state index contributed by atoms with van der Waals surface area (Å²) in [6, 6.07) is 0. The molecule has 1 radical (unpaired) electrons. The third-order valence-electron chi connectivity index (χ3n) is 1.58. The van der Waals surface area contributed by atoms with Crippen LogP contribution in [0.4, 0.5) is 0 Å². The Kier molecular flexibility index (Phi) is 3.84. The molecule has 3 heteroatoms. The van der Waals surface area contributed by atoms with E-state index in [4.69, 9.17) is 0 Å². The van der Waals surface area contributed by atoms with Gasteiger partial charge >= 0.3 is 0 Å². The maximum atomic E-state index is 3.28. The minimum atomic E-state index is 0.966. The molecule has 0 aromatic rings. The molecule has 1 heterocycles. The first-order chi connectivity index (χ1) is 5.79. The molecule has 0 saturated heterocycles. The van der Waals surface area contributed by atoms with Crippen molar-refractivity contribution >= 4 is 0 Å². The summed E-state index contributed by atoms with van der Waals surface area (Å²) in [4.78, 5) is 2.15. The smallest absolute Gasteiger partial charge is 0.149 e. The van der Waals surface area contributed by atoms with Crippen molar-refractivity contribution in [2.45, 2.75) is 0 Å². The number of nitrogens with one attached hydrogen (secondary N) is 2. The van der Waals surface area contributed by atoms with Crippen molar-refractivity contribution in [3.8, 4) is 0 Å². The number of rotatable bonds is 4. The first kappa shape index (κ1) is 9.29. The zero-order valence-corrected chi connectivity index (χ0v) is 7.67. The van der Waals surface area contributed by atoms with E-state index < -0.39 is 0 Å². The van der Waals surface area contributed by atoms with Crippen LogP contribution in [-0.2, 0) is 0 Å². The molecular weight excluding hydrogens is 150 g/mol. The topological polar surface area (TPSA) is 27.3 Å². The Morgan fingerprint density at radius 1 is 1.42 bits per heavy atom. The lowest BCUT2D eigenvalue weighted by atomic mass is 10.3. The van der Waals surface area contributed by atoms with Crippen LogP contribution in [0, 0.1) is 6.17 Å². The first-order valence-corrected chi connectivity index (χ1v) is 4.14. The van der Waals surface area contributed by atoms with Crippen LogP contribution in [0.2, 0.25) is 0 Å². The molecule has 3 nitrogen and oxygen atoms in total. The molecule has 12 heavy (non-hydrogen) atoms. The van der Waals surface area contributed by atoms with Gasteiger partial charge in [0.05, 0.1) is 0 Å². The number of hydrogen-bond donors (Lipinski definition) is 2. The van der Waals surface area contributed by atoms with Crippen LogP contribution in [-0.4, -0.2) is 32.1 Å². The van der Waals surface area contributed by atoms with E-state index >= 15 is 0 Å². The Hall–Kier alpha value is -0.800. The predicted molar refractivity (Wildman–Crippen MR) is 51.2 cm³/mol. The van der Waals surface area contributed by atoms with E-state index in [0.717, 1.165) is 19.3 Å². The lowest BCUT2D eigenvalue weighted by Gasteiger charge is -2.17. The zero-order chi connectivity index (χ0) is 8.81. The molecule has 0 spiro atoms. The lowest BCUT2D eigenvalue weighted by molar-refractivity contribution is 0.401. The summed E-state index contributed by atoms with van der Waals surface area (Å²) in [7, 11) is 4.13. The zero-order valence-electron chi connectivity index (χ0n) is 7.67. The molecule has 0 amide bonds. The van der Waals surface area contributed by atoms with Crippen LogP contribution in [0.5, 0.6) is 0 Å². The fourth-order valence-corrected chi connectivity index (χ4v) is 0.917. The van der Waals surface area contributed by atoms with Crippen LogP contribution in [0.1, 0.15) is 0 Å². The summed E-state index contributed by atoms with van der Waals surface area (Å²) < 4.78 is 0. The summed E-state index contributed by atoms with van der Waals surface area (Å²) in [5.41, 5.74) is 0. The maximum absolute atomic E-state index is 3.28. The van der Waals surface area contributed by atoms with Crippen molar-refractivity contribution < 1.29 is 0 Å². The van der Waals surface area contributed by atoms with E-state index in [1.165, 1.54) is 0 Å². The van der Waals surface area contributed by atoms with Crippen LogP contribution in [0.15, 0.2) is 24.4 Å². The fourth-order valence-electron chi connectivity index (χ4n) is 0.917. The van der Waals surface area contributed by atoms with Crippen LogP contribution in [0.25, 0.3) is 0 Å². The highest BCUT2D eigenvalue weighted by Gasteiger charge is 2.02. The molecule has 0 atom stereocenters. The number of likely N-dealkylation sites (N-methyl/N-ethyl adjacent to an activating group) is 1. The molecular formula is C9H16N3. The van der Waals surface area contributed by atoms with Gasteiger partial charge < -0.3 is 10.2 Å². The molecule has 0 aromatic carbocycles. The van der Waals surface area contributed by atoms with Crippen molar-refractivity contribution in [1.29, 1.82) is 0 Å². The lowest BCUT2D eigenvalue weighted by Crippen LogP contribution is -2.35. The van der Waals surface area contributed by atoms with Gasteiger partial charge in [0.25, 0.3) is 0 Å². The normalized spacial score (nSPS) is 16.9. The Balaban J connectivity index is 2.07. The van der Waals surface area contributed by atoms with Crippen molar-refractivity contribution in [3.63, 3.8) is 0 Å². The summed E-state index contributed by atoms with van der Waals surface area (Å²) >= 11 is 0. The third kappa shape index (κ3) is 3.55. The van der Waals surface area contributed by atoms with Crippen molar-refractivity contribution in [3.05, 3.63) is 30.6 Å². The molecule has 1 aliphatic heterocycles. The fraction of sp³-hybridized carbons (Fsp3) is 0.444. The number of nitrogens with zero attached hydrogens (tertiary/aromatic N) is 1. The molecule has 0 bridgehead atoms. The highest BCUT2D eigenvalue weighted by Crippen LogP contribution is 1.96. The van der Waals surface area contributed by atoms with Gasteiger partial charge in [0, 0.05) is 13.1 Å². The standard InChI is InChI=1S/C9H16N3/c1-12(2)8-7-11-9-5-3-4-6-10-9/h3-6,10-11H,7-8H2,1-2H3. The molecule has 0 unspecified atom stereocenters. The van der Waals surface area contributed by atoms with Gasteiger partial charge in [-0.1, -0.05) is 6.08 Å². The highest BCUT2D eigenvalue weighted by atomic mass is 15.1. The van der Waals surface area contributed by atoms with E-state index in [1.54, 1.807) is 0 Å². The largest absolute Gasteiger partial charge is 0.367 e. The second-order valence-electron chi connectivity index (χ2n) is 3.01. The third-order valence-corrected chi connectivity index (χ3v) is 1.58. The van der Waals surface area contributed by atoms with E-state index in [9.17, 15) is 0 Å². The molecule has 0 fully saturated rings. The number of dihydropyridines is 1. The van der Waals surface area contributed by atoms with Gasteiger partial charge in [0.1, 0.15) is 6.17 Å². The molecule has 2 N–H and O–H groups in total. The van der Waals surface area contributed by atoms with Gasteiger partial charge in [-0.2, -0.15) is 0 Å². The average molecular weight is 166 g/mol. The monoisotopic (exact) mass is 166 g/mol. The van der Waals surface area contributed by atoms with Crippen molar-refractivity contribution in [2.24, 2.45) is 0 Å². The first-order valence-electron chi connectivity index (χ1n) is 4.14. The van der Waals surface area contributed by atoms with Gasteiger partial charge in [0.15, 0.2) is 0 Å². The minimum Gasteiger partial charge on any atom is -0.367 e. The van der Waals surface area contributed by atoms with E-state index in [1.807, 2.05) is 24.4 Å². The molecule has 0 saturated carbocycles. The number of allylic oxidation sites excluding steroid dienone is 2. The van der Waals surface area contributed by atoms with Crippen molar-refractivity contribution in [1.82, 2.24) is 15.5 Å². The minimum absolute atomic E-state index is 0.966. The van der Waals surface area contributed by atoms with Crippen LogP contribution < -0.4 is 10.6 Å². The van der Waals surface area contributed by atoms with Gasteiger partial charge in [-0.15, -0.1) is 0 Å². The second-order valence-corrected chi connectivity index (χ2v) is 3.01. The molecule has 1 aliphatic rings. The van der Waals surface area contributed by atoms with Crippen molar-refractivity contribution in [2.75, 3.05) is 27.2 Å². The highest BCUT2D eigenvalue weighted by molar-refractivity contribution is 5.19. The predicted octanol–water partition coefficient (Wildman–Crippen LogP) is 0.300. The quantitative estimate of drug-likeness (QED) is 0.629. The van der Waals surface area contributed by atoms with Crippen LogP contribution >= 0.6 is 0 Å². The van der Waals surface area contributed by atoms with Gasteiger partial charge in [-0.25, -0.2) is 0 Å². The maximum Gasteiger partial charge on any atom is 0.149 e.